The molecule has 38 heavy (non-hydrogen) atoms. The largest absolute Gasteiger partial charge is 0.434 e. The van der Waals surface area contributed by atoms with Gasteiger partial charge in [0.05, 0.1) is 18.1 Å². The number of carbonyl (C=O) groups is 1. The van der Waals surface area contributed by atoms with Crippen LogP contribution < -0.4 is 15.4 Å². The van der Waals surface area contributed by atoms with Crippen LogP contribution in [0, 0.1) is 23.6 Å². The lowest BCUT2D eigenvalue weighted by atomic mass is 10.1. The van der Waals surface area contributed by atoms with Crippen LogP contribution in [-0.4, -0.2) is 25.7 Å². The van der Waals surface area contributed by atoms with Crippen LogP contribution in [-0.2, 0) is 11.8 Å². The molecule has 0 atom stereocenters. The summed E-state index contributed by atoms with van der Waals surface area (Å²) in [6, 6.07) is 13.5. The predicted octanol–water partition coefficient (Wildman–Crippen LogP) is 5.83. The first kappa shape index (κ1) is 26.1. The average molecular weight is 511 g/mol. The highest BCUT2D eigenvalue weighted by molar-refractivity contribution is 5.99. The number of rotatable bonds is 8. The van der Waals surface area contributed by atoms with E-state index in [0.29, 0.717) is 22.9 Å². The van der Waals surface area contributed by atoms with Crippen molar-refractivity contribution in [3.05, 3.63) is 96.2 Å². The zero-order chi connectivity index (χ0) is 26.9. The van der Waals surface area contributed by atoms with E-state index in [0.717, 1.165) is 12.0 Å². The smallest absolute Gasteiger partial charge is 0.248 e. The molecule has 8 nitrogen and oxygen atoms in total. The van der Waals surface area contributed by atoms with Gasteiger partial charge in [-0.1, -0.05) is 50.0 Å². The first-order valence-electron chi connectivity index (χ1n) is 12.0. The van der Waals surface area contributed by atoms with Gasteiger partial charge in [0.25, 0.3) is 0 Å². The highest BCUT2D eigenvalue weighted by Crippen LogP contribution is 2.29. The SMILES string of the molecule is CC(C)C/C=C/C(=O)Nc1ccc(F)c(Oc2nc(Nc3cnn(C)c3)ncc2C#Cc2ccccc2)c1. The van der Waals surface area contributed by atoms with E-state index in [1.165, 1.54) is 30.5 Å². The summed E-state index contributed by atoms with van der Waals surface area (Å²) >= 11 is 0. The predicted molar refractivity (Wildman–Crippen MR) is 145 cm³/mol. The highest BCUT2D eigenvalue weighted by Gasteiger charge is 2.14. The standard InChI is InChI=1S/C29H27FN6O2/c1-20(2)8-7-11-27(37)33-23-14-15-25(30)26(16-23)38-28-22(13-12-21-9-5-4-6-10-21)17-31-29(35-28)34-24-18-32-36(3)19-24/h4-7,9-11,14-20H,8H2,1-3H3,(H,33,37)(H,31,34,35)/b11-7+. The Labute approximate surface area is 220 Å². The van der Waals surface area contributed by atoms with E-state index in [2.05, 4.69) is 51.4 Å². The van der Waals surface area contributed by atoms with Gasteiger partial charge in [-0.15, -0.1) is 0 Å². The van der Waals surface area contributed by atoms with Crippen molar-refractivity contribution in [2.45, 2.75) is 20.3 Å². The molecule has 2 aromatic heterocycles. The minimum Gasteiger partial charge on any atom is -0.434 e. The zero-order valence-corrected chi connectivity index (χ0v) is 21.3. The number of aryl methyl sites for hydroxylation is 1. The molecule has 2 N–H and O–H groups in total. The van der Waals surface area contributed by atoms with Crippen molar-refractivity contribution in [1.29, 1.82) is 0 Å². The highest BCUT2D eigenvalue weighted by atomic mass is 19.1. The normalized spacial score (nSPS) is 10.8. The number of nitrogens with one attached hydrogen (secondary N) is 2. The van der Waals surface area contributed by atoms with Crippen LogP contribution in [0.5, 0.6) is 11.6 Å². The molecule has 4 aromatic rings. The van der Waals surface area contributed by atoms with Gasteiger partial charge < -0.3 is 15.4 Å². The molecular weight excluding hydrogens is 483 g/mol. The van der Waals surface area contributed by atoms with Gasteiger partial charge in [-0.3, -0.25) is 9.48 Å². The van der Waals surface area contributed by atoms with E-state index < -0.39 is 5.82 Å². The monoisotopic (exact) mass is 510 g/mol. The number of hydrogen-bond donors (Lipinski definition) is 2. The van der Waals surface area contributed by atoms with Crippen molar-refractivity contribution in [3.8, 4) is 23.5 Å². The molecule has 0 fully saturated rings. The van der Waals surface area contributed by atoms with Gasteiger partial charge in [0.15, 0.2) is 11.6 Å². The maximum Gasteiger partial charge on any atom is 0.248 e. The summed E-state index contributed by atoms with van der Waals surface area (Å²) in [5.74, 6) is 5.68. The Kier molecular flexibility index (Phi) is 8.46. The molecule has 0 aliphatic heterocycles. The van der Waals surface area contributed by atoms with Crippen molar-refractivity contribution in [2.24, 2.45) is 13.0 Å². The molecule has 0 saturated heterocycles. The average Bonchev–Trinajstić information content (AvgIpc) is 3.30. The number of anilines is 3. The van der Waals surface area contributed by atoms with Crippen molar-refractivity contribution >= 4 is 23.2 Å². The van der Waals surface area contributed by atoms with Crippen LogP contribution in [0.4, 0.5) is 21.7 Å². The van der Waals surface area contributed by atoms with Crippen molar-refractivity contribution < 1.29 is 13.9 Å². The Bertz CT molecular complexity index is 1500. The quantitative estimate of drug-likeness (QED) is 0.229. The molecule has 1 amide bonds. The number of amides is 1. The van der Waals surface area contributed by atoms with E-state index in [1.807, 2.05) is 30.3 Å². The second-order valence-corrected chi connectivity index (χ2v) is 8.82. The second kappa shape index (κ2) is 12.3. The Morgan fingerprint density at radius 2 is 1.95 bits per heavy atom. The summed E-state index contributed by atoms with van der Waals surface area (Å²) in [7, 11) is 1.79. The fraction of sp³-hybridized carbons (Fsp3) is 0.172. The van der Waals surface area contributed by atoms with E-state index in [1.54, 1.807) is 30.2 Å². The number of allylic oxidation sites excluding steroid dienone is 1. The minimum atomic E-state index is -0.624. The lowest BCUT2D eigenvalue weighted by Crippen LogP contribution is -2.08. The third-order valence-corrected chi connectivity index (χ3v) is 5.11. The van der Waals surface area contributed by atoms with Crippen molar-refractivity contribution in [2.75, 3.05) is 10.6 Å². The number of ether oxygens (including phenoxy) is 1. The minimum absolute atomic E-state index is 0.0500. The van der Waals surface area contributed by atoms with Crippen molar-refractivity contribution in [3.63, 3.8) is 0 Å². The third kappa shape index (κ3) is 7.51. The molecule has 0 aliphatic carbocycles. The fourth-order valence-electron chi connectivity index (χ4n) is 3.26. The Hall–Kier alpha value is -4.97. The van der Waals surface area contributed by atoms with Crippen LogP contribution in [0.25, 0.3) is 0 Å². The van der Waals surface area contributed by atoms with Gasteiger partial charge in [-0.2, -0.15) is 10.1 Å². The van der Waals surface area contributed by atoms with Gasteiger partial charge in [-0.25, -0.2) is 9.37 Å². The van der Waals surface area contributed by atoms with Gasteiger partial charge in [0.1, 0.15) is 5.56 Å². The summed E-state index contributed by atoms with van der Waals surface area (Å²) in [6.45, 7) is 4.13. The van der Waals surface area contributed by atoms with Crippen LogP contribution in [0.3, 0.4) is 0 Å². The van der Waals surface area contributed by atoms with Gasteiger partial charge in [0, 0.05) is 30.6 Å². The maximum atomic E-state index is 14.8. The molecule has 0 unspecified atom stereocenters. The topological polar surface area (TPSA) is 94.0 Å². The van der Waals surface area contributed by atoms with Gasteiger partial charge >= 0.3 is 0 Å². The van der Waals surface area contributed by atoms with E-state index in [9.17, 15) is 9.18 Å². The van der Waals surface area contributed by atoms with Crippen LogP contribution >= 0.6 is 0 Å². The Balaban J connectivity index is 1.62. The third-order valence-electron chi connectivity index (χ3n) is 5.11. The molecule has 0 saturated carbocycles. The number of aromatic nitrogens is 4. The summed E-state index contributed by atoms with van der Waals surface area (Å²) < 4.78 is 22.3. The van der Waals surface area contributed by atoms with Crippen LogP contribution in [0.15, 0.2) is 79.3 Å². The Morgan fingerprint density at radius 1 is 1.13 bits per heavy atom. The van der Waals surface area contributed by atoms with Gasteiger partial charge in [-0.05, 0) is 42.7 Å². The van der Waals surface area contributed by atoms with Crippen LogP contribution in [0.1, 0.15) is 31.4 Å². The van der Waals surface area contributed by atoms with Crippen LogP contribution in [0.2, 0.25) is 0 Å². The first-order valence-corrected chi connectivity index (χ1v) is 12.0. The molecule has 0 aliphatic rings. The zero-order valence-electron chi connectivity index (χ0n) is 21.3. The van der Waals surface area contributed by atoms with E-state index in [-0.39, 0.29) is 23.5 Å². The molecule has 192 valence electrons. The molecule has 2 heterocycles. The number of carbonyl (C=O) groups excluding carboxylic acids is 1. The number of halogens is 1. The molecule has 2 aromatic carbocycles. The summed E-state index contributed by atoms with van der Waals surface area (Å²) in [5.41, 5.74) is 2.19. The number of hydrogen-bond acceptors (Lipinski definition) is 6. The molecule has 4 rings (SSSR count). The number of nitrogens with zero attached hydrogens (tertiary/aromatic N) is 4. The lowest BCUT2D eigenvalue weighted by molar-refractivity contribution is -0.111. The molecule has 0 radical (unpaired) electrons. The fourth-order valence-corrected chi connectivity index (χ4v) is 3.26. The summed E-state index contributed by atoms with van der Waals surface area (Å²) in [5, 5.41) is 9.87. The Morgan fingerprint density at radius 3 is 2.68 bits per heavy atom. The second-order valence-electron chi connectivity index (χ2n) is 8.82. The molecule has 0 bridgehead atoms. The molecule has 0 spiro atoms. The number of benzene rings is 2. The van der Waals surface area contributed by atoms with Gasteiger partial charge in [0.2, 0.25) is 17.7 Å². The van der Waals surface area contributed by atoms with E-state index in [4.69, 9.17) is 4.74 Å². The molecule has 9 heteroatoms. The van der Waals surface area contributed by atoms with E-state index >= 15 is 0 Å². The first-order chi connectivity index (χ1) is 18.4. The van der Waals surface area contributed by atoms with Crippen molar-refractivity contribution in [1.82, 2.24) is 19.7 Å². The summed E-state index contributed by atoms with van der Waals surface area (Å²) in [6.07, 6.45) is 8.92. The maximum absolute atomic E-state index is 14.8. The lowest BCUT2D eigenvalue weighted by Gasteiger charge is -2.11. The summed E-state index contributed by atoms with van der Waals surface area (Å²) in [4.78, 5) is 21.0. The molecular formula is C29H27FN6O2.